The first-order valence-electron chi connectivity index (χ1n) is 16.7. The highest BCUT2D eigenvalue weighted by Crippen LogP contribution is 2.39. The van der Waals surface area contributed by atoms with E-state index in [9.17, 15) is 0 Å². The van der Waals surface area contributed by atoms with Crippen LogP contribution < -0.4 is 0 Å². The minimum absolute atomic E-state index is 0.0629. The van der Waals surface area contributed by atoms with Crippen LogP contribution in [0, 0.1) is 0 Å². The molecule has 5 atom stereocenters. The van der Waals surface area contributed by atoms with Crippen LogP contribution in [0.2, 0.25) is 5.02 Å². The number of alkyl halides is 1. The highest BCUT2D eigenvalue weighted by Gasteiger charge is 2.48. The van der Waals surface area contributed by atoms with E-state index >= 15 is 4.39 Å². The lowest BCUT2D eigenvalue weighted by Crippen LogP contribution is -2.55. The van der Waals surface area contributed by atoms with E-state index in [1.54, 1.807) is 0 Å². The molecule has 48 heavy (non-hydrogen) atoms. The van der Waals surface area contributed by atoms with Gasteiger partial charge in [-0.15, -0.1) is 0 Å². The number of hydrogen-bond acceptors (Lipinski definition) is 4. The van der Waals surface area contributed by atoms with Gasteiger partial charge in [0.2, 0.25) is 0 Å². The minimum Gasteiger partial charge on any atom is -0.374 e. The summed E-state index contributed by atoms with van der Waals surface area (Å²) in [5.74, 6) is 0. The molecule has 5 aromatic carbocycles. The summed E-state index contributed by atoms with van der Waals surface area (Å²) in [6.07, 6.45) is -3.03. The van der Waals surface area contributed by atoms with Gasteiger partial charge in [-0.25, -0.2) is 4.39 Å². The SMILES string of the molecule is CCc1ccc(Cc2cc(C3OC(COCc4ccccc4)C(F)C(OCc4ccccc4)C3OCc3ccccc3)ccc2Cl)cc1. The van der Waals surface area contributed by atoms with Crippen molar-refractivity contribution in [2.75, 3.05) is 6.61 Å². The van der Waals surface area contributed by atoms with Crippen molar-refractivity contribution in [2.24, 2.45) is 0 Å². The maximum Gasteiger partial charge on any atom is 0.157 e. The van der Waals surface area contributed by atoms with Crippen LogP contribution in [0.15, 0.2) is 133 Å². The molecule has 248 valence electrons. The molecule has 0 aliphatic carbocycles. The van der Waals surface area contributed by atoms with Crippen molar-refractivity contribution in [3.8, 4) is 0 Å². The Hall–Kier alpha value is -3.84. The summed E-state index contributed by atoms with van der Waals surface area (Å²) in [6, 6.07) is 44.1. The topological polar surface area (TPSA) is 36.9 Å². The Morgan fingerprint density at radius 2 is 1.17 bits per heavy atom. The molecule has 1 aliphatic rings. The van der Waals surface area contributed by atoms with E-state index in [0.29, 0.717) is 18.1 Å². The molecule has 4 nitrogen and oxygen atoms in total. The maximum atomic E-state index is 16.7. The van der Waals surface area contributed by atoms with E-state index in [1.807, 2.05) is 103 Å². The number of ether oxygens (including phenoxy) is 4. The Kier molecular flexibility index (Phi) is 12.1. The molecule has 1 heterocycles. The molecule has 5 aromatic rings. The number of hydrogen-bond donors (Lipinski definition) is 0. The molecule has 1 aliphatic heterocycles. The quantitative estimate of drug-likeness (QED) is 0.118. The highest BCUT2D eigenvalue weighted by atomic mass is 35.5. The molecule has 0 spiro atoms. The molecule has 6 rings (SSSR count). The number of benzene rings is 5. The van der Waals surface area contributed by atoms with Gasteiger partial charge in [-0.2, -0.15) is 0 Å². The van der Waals surface area contributed by atoms with Crippen LogP contribution in [0.25, 0.3) is 0 Å². The predicted molar refractivity (Wildman–Crippen MR) is 189 cm³/mol. The van der Waals surface area contributed by atoms with Crippen LogP contribution in [-0.4, -0.2) is 31.1 Å². The molecule has 0 radical (unpaired) electrons. The summed E-state index contributed by atoms with van der Waals surface area (Å²) >= 11 is 6.77. The third-order valence-electron chi connectivity index (χ3n) is 8.80. The van der Waals surface area contributed by atoms with Crippen molar-refractivity contribution in [1.82, 2.24) is 0 Å². The van der Waals surface area contributed by atoms with Crippen molar-refractivity contribution >= 4 is 11.6 Å². The van der Waals surface area contributed by atoms with Crippen LogP contribution >= 0.6 is 11.6 Å². The molecule has 0 amide bonds. The first-order chi connectivity index (χ1) is 23.6. The maximum absolute atomic E-state index is 16.7. The molecule has 5 unspecified atom stereocenters. The Bertz CT molecular complexity index is 1680. The summed E-state index contributed by atoms with van der Waals surface area (Å²) in [5, 5.41) is 0.666. The third kappa shape index (κ3) is 8.98. The van der Waals surface area contributed by atoms with Gasteiger partial charge in [0.05, 0.1) is 26.4 Å². The van der Waals surface area contributed by atoms with Crippen LogP contribution in [-0.2, 0) is 51.6 Å². The van der Waals surface area contributed by atoms with Gasteiger partial charge in [-0.1, -0.05) is 146 Å². The van der Waals surface area contributed by atoms with Crippen LogP contribution in [0.4, 0.5) is 4.39 Å². The summed E-state index contributed by atoms with van der Waals surface area (Å²) in [6.45, 7) is 3.08. The lowest BCUT2D eigenvalue weighted by molar-refractivity contribution is -0.248. The Labute approximate surface area is 288 Å². The van der Waals surface area contributed by atoms with E-state index in [0.717, 1.165) is 39.8 Å². The second-order valence-corrected chi connectivity index (χ2v) is 12.7. The van der Waals surface area contributed by atoms with E-state index in [2.05, 4.69) is 37.3 Å². The average molecular weight is 665 g/mol. The number of halogens is 2. The minimum atomic E-state index is -1.50. The van der Waals surface area contributed by atoms with Gasteiger partial charge in [0.1, 0.15) is 24.4 Å². The zero-order valence-electron chi connectivity index (χ0n) is 27.2. The molecule has 0 bridgehead atoms. The van der Waals surface area contributed by atoms with Crippen molar-refractivity contribution in [2.45, 2.75) is 70.2 Å². The first-order valence-corrected chi connectivity index (χ1v) is 17.0. The fraction of sp³-hybridized carbons (Fsp3) is 0.286. The largest absolute Gasteiger partial charge is 0.374 e. The fourth-order valence-electron chi connectivity index (χ4n) is 6.09. The van der Waals surface area contributed by atoms with Gasteiger partial charge in [-0.3, -0.25) is 0 Å². The molecule has 0 N–H and O–H groups in total. The van der Waals surface area contributed by atoms with E-state index in [4.69, 9.17) is 30.5 Å². The van der Waals surface area contributed by atoms with Crippen LogP contribution in [0.1, 0.15) is 52.0 Å². The normalized spacial score (nSPS) is 20.9. The van der Waals surface area contributed by atoms with Gasteiger partial charge in [-0.05, 0) is 57.9 Å². The fourth-order valence-corrected chi connectivity index (χ4v) is 6.28. The van der Waals surface area contributed by atoms with Gasteiger partial charge in [0.25, 0.3) is 0 Å². The molecule has 0 saturated carbocycles. The zero-order valence-corrected chi connectivity index (χ0v) is 28.0. The molecule has 6 heteroatoms. The molecular formula is C42H42ClFO4. The van der Waals surface area contributed by atoms with Gasteiger partial charge in [0, 0.05) is 5.02 Å². The Balaban J connectivity index is 1.31. The van der Waals surface area contributed by atoms with Gasteiger partial charge < -0.3 is 18.9 Å². The number of aryl methyl sites for hydroxylation is 1. The summed E-state index contributed by atoms with van der Waals surface area (Å²) in [7, 11) is 0. The lowest BCUT2D eigenvalue weighted by Gasteiger charge is -2.44. The monoisotopic (exact) mass is 664 g/mol. The smallest absolute Gasteiger partial charge is 0.157 e. The van der Waals surface area contributed by atoms with Gasteiger partial charge in [0.15, 0.2) is 6.17 Å². The standard InChI is InChI=1S/C42H42ClFO4/c1-2-30-18-20-31(21-19-30)24-36-25-35(22-23-37(36)43)40-42(47-28-34-16-10-5-11-17-34)41(46-27-33-14-8-4-9-15-33)39(44)38(48-40)29-45-26-32-12-6-3-7-13-32/h3-23,25,38-42H,2,24,26-29H2,1H3. The number of rotatable bonds is 14. The molecular weight excluding hydrogens is 623 g/mol. The summed E-state index contributed by atoms with van der Waals surface area (Å²) in [5.41, 5.74) is 7.21. The van der Waals surface area contributed by atoms with Crippen molar-refractivity contribution in [3.63, 3.8) is 0 Å². The van der Waals surface area contributed by atoms with Crippen molar-refractivity contribution < 1.29 is 23.3 Å². The van der Waals surface area contributed by atoms with Crippen LogP contribution in [0.3, 0.4) is 0 Å². The van der Waals surface area contributed by atoms with E-state index < -0.39 is 30.6 Å². The summed E-state index contributed by atoms with van der Waals surface area (Å²) < 4.78 is 42.4. The molecule has 0 aromatic heterocycles. The zero-order chi connectivity index (χ0) is 33.1. The molecule has 1 fully saturated rings. The van der Waals surface area contributed by atoms with E-state index in [1.165, 1.54) is 5.56 Å². The lowest BCUT2D eigenvalue weighted by atomic mass is 9.90. The van der Waals surface area contributed by atoms with E-state index in [-0.39, 0.29) is 19.8 Å². The Morgan fingerprint density at radius 3 is 1.75 bits per heavy atom. The van der Waals surface area contributed by atoms with Crippen molar-refractivity contribution in [1.29, 1.82) is 0 Å². The Morgan fingerprint density at radius 1 is 0.625 bits per heavy atom. The first kappa shape index (κ1) is 34.0. The van der Waals surface area contributed by atoms with Crippen LogP contribution in [0.5, 0.6) is 0 Å². The third-order valence-corrected chi connectivity index (χ3v) is 9.17. The highest BCUT2D eigenvalue weighted by molar-refractivity contribution is 6.31. The second-order valence-electron chi connectivity index (χ2n) is 12.3. The second kappa shape index (κ2) is 17.0. The van der Waals surface area contributed by atoms with Crippen molar-refractivity contribution in [3.05, 3.63) is 177 Å². The average Bonchev–Trinajstić information content (AvgIpc) is 3.13. The summed E-state index contributed by atoms with van der Waals surface area (Å²) in [4.78, 5) is 0. The molecule has 1 saturated heterocycles. The predicted octanol–water partition coefficient (Wildman–Crippen LogP) is 9.66. The van der Waals surface area contributed by atoms with Gasteiger partial charge >= 0.3 is 0 Å².